The van der Waals surface area contributed by atoms with Crippen molar-refractivity contribution in [2.75, 3.05) is 11.1 Å². The first-order valence-corrected chi connectivity index (χ1v) is 10.7. The van der Waals surface area contributed by atoms with Crippen molar-refractivity contribution >= 4 is 56.5 Å². The summed E-state index contributed by atoms with van der Waals surface area (Å²) in [6.45, 7) is 0. The number of para-hydroxylation sites is 1. The summed E-state index contributed by atoms with van der Waals surface area (Å²) >= 11 is 8.49. The molecule has 0 bridgehead atoms. The fourth-order valence-corrected chi connectivity index (χ4v) is 4.47. The molecule has 146 valence electrons. The van der Waals surface area contributed by atoms with E-state index < -0.39 is 11.7 Å². The van der Waals surface area contributed by atoms with E-state index in [1.165, 1.54) is 28.0 Å². The van der Waals surface area contributed by atoms with Crippen molar-refractivity contribution in [2.24, 2.45) is 0 Å². The van der Waals surface area contributed by atoms with Crippen LogP contribution >= 0.6 is 34.7 Å². The third-order valence-electron chi connectivity index (χ3n) is 4.00. The molecule has 2 heterocycles. The fourth-order valence-electron chi connectivity index (χ4n) is 2.71. The number of benzene rings is 2. The van der Waals surface area contributed by atoms with Crippen LogP contribution in [0.25, 0.3) is 15.9 Å². The molecule has 9 heteroatoms. The smallest absolute Gasteiger partial charge is 0.276 e. The van der Waals surface area contributed by atoms with Crippen molar-refractivity contribution in [1.29, 1.82) is 0 Å². The van der Waals surface area contributed by atoms with Crippen LogP contribution in [-0.2, 0) is 4.79 Å². The van der Waals surface area contributed by atoms with Crippen LogP contribution in [0.4, 0.5) is 10.1 Å². The number of nitrogens with one attached hydrogen (secondary N) is 1. The Labute approximate surface area is 178 Å². The molecular weight excluding hydrogens is 433 g/mol. The third-order valence-corrected chi connectivity index (χ3v) is 6.06. The summed E-state index contributed by atoms with van der Waals surface area (Å²) in [6.07, 6.45) is 0. The summed E-state index contributed by atoms with van der Waals surface area (Å²) in [5.74, 6) is -0.964. The second-order valence-corrected chi connectivity index (χ2v) is 8.26. The van der Waals surface area contributed by atoms with Crippen LogP contribution in [0, 0.1) is 5.82 Å². The lowest BCUT2D eigenvalue weighted by molar-refractivity contribution is -0.113. The second-order valence-electron chi connectivity index (χ2n) is 5.97. The summed E-state index contributed by atoms with van der Waals surface area (Å²) in [6, 6.07) is 14.5. The van der Waals surface area contributed by atoms with Crippen molar-refractivity contribution in [3.8, 4) is 5.69 Å². The highest BCUT2D eigenvalue weighted by atomic mass is 35.5. The van der Waals surface area contributed by atoms with E-state index in [4.69, 9.17) is 11.6 Å². The molecule has 0 saturated carbocycles. The van der Waals surface area contributed by atoms with Gasteiger partial charge >= 0.3 is 0 Å². The summed E-state index contributed by atoms with van der Waals surface area (Å²) in [7, 11) is 0. The largest absolute Gasteiger partial charge is 0.323 e. The molecule has 1 amide bonds. The van der Waals surface area contributed by atoms with E-state index in [0.29, 0.717) is 26.1 Å². The van der Waals surface area contributed by atoms with Gasteiger partial charge in [-0.2, -0.15) is 0 Å². The average Bonchev–Trinajstić information content (AvgIpc) is 3.17. The molecule has 0 fully saturated rings. The highest BCUT2D eigenvalue weighted by Crippen LogP contribution is 2.25. The minimum atomic E-state index is -0.514. The van der Waals surface area contributed by atoms with Gasteiger partial charge in [0, 0.05) is 5.02 Å². The molecular formula is C20H13ClFN3O2S2. The molecule has 0 spiro atoms. The molecule has 0 radical (unpaired) electrons. The van der Waals surface area contributed by atoms with Crippen molar-refractivity contribution < 1.29 is 9.18 Å². The highest BCUT2D eigenvalue weighted by Gasteiger charge is 2.16. The number of carbonyl (C=O) groups is 1. The van der Waals surface area contributed by atoms with Gasteiger partial charge in [-0.1, -0.05) is 41.6 Å². The quantitative estimate of drug-likeness (QED) is 0.348. The number of carbonyl (C=O) groups excluding carboxylic acids is 1. The molecule has 2 aromatic carbocycles. The maximum Gasteiger partial charge on any atom is 0.276 e. The second kappa shape index (κ2) is 8.36. The Kier molecular flexibility index (Phi) is 5.66. The molecule has 4 rings (SSSR count). The maximum absolute atomic E-state index is 13.7. The Hall–Kier alpha value is -2.68. The lowest BCUT2D eigenvalue weighted by Gasteiger charge is -2.12. The molecule has 0 aliphatic heterocycles. The number of fused-ring (bicyclic) bond motifs is 1. The normalized spacial score (nSPS) is 11.0. The molecule has 0 saturated heterocycles. The monoisotopic (exact) mass is 445 g/mol. The SMILES string of the molecule is O=C(CSc1nc2ccsc2c(=O)n1-c1cccc(Cl)c1)Nc1ccccc1F. The van der Waals surface area contributed by atoms with Gasteiger partial charge in [0.05, 0.1) is 22.6 Å². The number of amides is 1. The third kappa shape index (κ3) is 4.19. The van der Waals surface area contributed by atoms with Crippen LogP contribution in [0.3, 0.4) is 0 Å². The first kappa shape index (κ1) is 19.6. The molecule has 0 unspecified atom stereocenters. The first-order valence-electron chi connectivity index (χ1n) is 8.46. The van der Waals surface area contributed by atoms with Gasteiger partial charge in [0.1, 0.15) is 10.5 Å². The van der Waals surface area contributed by atoms with E-state index in [1.807, 2.05) is 0 Å². The van der Waals surface area contributed by atoms with Crippen LogP contribution in [0.15, 0.2) is 69.9 Å². The summed E-state index contributed by atoms with van der Waals surface area (Å²) in [5.41, 5.74) is 0.994. The molecule has 0 aliphatic rings. The zero-order valence-electron chi connectivity index (χ0n) is 14.8. The van der Waals surface area contributed by atoms with Gasteiger partial charge in [-0.3, -0.25) is 14.2 Å². The maximum atomic E-state index is 13.7. The summed E-state index contributed by atoms with van der Waals surface area (Å²) < 4.78 is 15.7. The van der Waals surface area contributed by atoms with Crippen LogP contribution in [0.2, 0.25) is 5.02 Å². The van der Waals surface area contributed by atoms with E-state index in [1.54, 1.807) is 47.8 Å². The van der Waals surface area contributed by atoms with Crippen LogP contribution < -0.4 is 10.9 Å². The Morgan fingerprint density at radius 1 is 1.21 bits per heavy atom. The van der Waals surface area contributed by atoms with Gasteiger partial charge in [0.15, 0.2) is 5.16 Å². The van der Waals surface area contributed by atoms with Crippen LogP contribution in [0.1, 0.15) is 0 Å². The zero-order chi connectivity index (χ0) is 20.4. The van der Waals surface area contributed by atoms with E-state index in [0.717, 1.165) is 11.8 Å². The Morgan fingerprint density at radius 3 is 2.83 bits per heavy atom. The minimum absolute atomic E-state index is 0.0447. The zero-order valence-corrected chi connectivity index (χ0v) is 17.2. The van der Waals surface area contributed by atoms with Gasteiger partial charge in [0.2, 0.25) is 5.91 Å². The lowest BCUT2D eigenvalue weighted by Crippen LogP contribution is -2.22. The molecule has 29 heavy (non-hydrogen) atoms. The number of hydrogen-bond acceptors (Lipinski definition) is 5. The number of nitrogens with zero attached hydrogens (tertiary/aromatic N) is 2. The molecule has 0 aliphatic carbocycles. The van der Waals surface area contributed by atoms with Crippen molar-refractivity contribution in [2.45, 2.75) is 5.16 Å². The Balaban J connectivity index is 1.66. The Bertz CT molecular complexity index is 1270. The van der Waals surface area contributed by atoms with Gasteiger partial charge in [0.25, 0.3) is 5.56 Å². The minimum Gasteiger partial charge on any atom is -0.323 e. The van der Waals surface area contributed by atoms with Crippen molar-refractivity contribution in [3.05, 3.63) is 81.2 Å². The van der Waals surface area contributed by atoms with Crippen molar-refractivity contribution in [3.63, 3.8) is 0 Å². The standard InChI is InChI=1S/C20H13ClFN3O2S2/c21-12-4-3-5-13(10-12)25-19(27)18-16(8-9-28-18)24-20(25)29-11-17(26)23-15-7-2-1-6-14(15)22/h1-10H,11H2,(H,23,26). The van der Waals surface area contributed by atoms with E-state index in [-0.39, 0.29) is 17.0 Å². The number of rotatable bonds is 5. The number of anilines is 1. The fraction of sp³-hybridized carbons (Fsp3) is 0.0500. The number of thioether (sulfide) groups is 1. The lowest BCUT2D eigenvalue weighted by atomic mass is 10.3. The molecule has 5 nitrogen and oxygen atoms in total. The van der Waals surface area contributed by atoms with Crippen molar-refractivity contribution in [1.82, 2.24) is 9.55 Å². The number of halogens is 2. The highest BCUT2D eigenvalue weighted by molar-refractivity contribution is 7.99. The van der Waals surface area contributed by atoms with Gasteiger partial charge in [-0.05, 0) is 41.8 Å². The van der Waals surface area contributed by atoms with Crippen LogP contribution in [0.5, 0.6) is 0 Å². The molecule has 4 aromatic rings. The summed E-state index contributed by atoms with van der Waals surface area (Å²) in [5, 5.41) is 5.15. The van der Waals surface area contributed by atoms with E-state index in [9.17, 15) is 14.0 Å². The number of aromatic nitrogens is 2. The molecule has 0 atom stereocenters. The number of thiophene rings is 1. The topological polar surface area (TPSA) is 64.0 Å². The summed E-state index contributed by atoms with van der Waals surface area (Å²) in [4.78, 5) is 29.9. The van der Waals surface area contributed by atoms with Crippen LogP contribution in [-0.4, -0.2) is 21.2 Å². The van der Waals surface area contributed by atoms with Gasteiger partial charge in [-0.25, -0.2) is 9.37 Å². The van der Waals surface area contributed by atoms with E-state index >= 15 is 0 Å². The number of hydrogen-bond donors (Lipinski definition) is 1. The Morgan fingerprint density at radius 2 is 2.03 bits per heavy atom. The average molecular weight is 446 g/mol. The molecule has 2 aromatic heterocycles. The predicted molar refractivity (Wildman–Crippen MR) is 116 cm³/mol. The molecule has 1 N–H and O–H groups in total. The van der Waals surface area contributed by atoms with E-state index in [2.05, 4.69) is 10.3 Å². The first-order chi connectivity index (χ1) is 14.0. The predicted octanol–water partition coefficient (Wildman–Crippen LogP) is 4.97. The van der Waals surface area contributed by atoms with Gasteiger partial charge in [-0.15, -0.1) is 11.3 Å². The van der Waals surface area contributed by atoms with Gasteiger partial charge < -0.3 is 5.32 Å².